The Kier molecular flexibility index (Phi) is 5.34. The number of sulfonamides is 1. The van der Waals surface area contributed by atoms with Crippen molar-refractivity contribution >= 4 is 21.7 Å². The number of carbonyl (C=O) groups excluding carboxylic acids is 1. The summed E-state index contributed by atoms with van der Waals surface area (Å²) in [5.41, 5.74) is 1.18. The van der Waals surface area contributed by atoms with E-state index in [2.05, 4.69) is 14.6 Å². The summed E-state index contributed by atoms with van der Waals surface area (Å²) in [6, 6.07) is 0. The van der Waals surface area contributed by atoms with E-state index < -0.39 is 16.0 Å². The van der Waals surface area contributed by atoms with Crippen molar-refractivity contribution in [3.8, 4) is 0 Å². The monoisotopic (exact) mass is 289 g/mol. The summed E-state index contributed by atoms with van der Waals surface area (Å²) < 4.78 is 32.2. The Hall–Kier alpha value is -1.57. The van der Waals surface area contributed by atoms with Gasteiger partial charge >= 0.3 is 5.97 Å². The number of aromatic nitrogens is 2. The van der Waals surface area contributed by atoms with Gasteiger partial charge in [-0.1, -0.05) is 6.92 Å². The Balaban J connectivity index is 2.61. The first-order valence-corrected chi connectivity index (χ1v) is 7.63. The Morgan fingerprint density at radius 3 is 2.79 bits per heavy atom. The maximum Gasteiger partial charge on any atom is 0.305 e. The van der Waals surface area contributed by atoms with E-state index in [0.29, 0.717) is 17.8 Å². The molecule has 0 fully saturated rings. The molecule has 0 saturated carbocycles. The van der Waals surface area contributed by atoms with Gasteiger partial charge in [0.25, 0.3) is 0 Å². The molecular formula is C11H19N3O4S. The Labute approximate surface area is 113 Å². The maximum atomic E-state index is 11.8. The molecule has 0 unspecified atom stereocenters. The van der Waals surface area contributed by atoms with E-state index in [1.807, 2.05) is 6.92 Å². The highest BCUT2D eigenvalue weighted by Gasteiger charge is 2.15. The zero-order chi connectivity index (χ0) is 14.5. The van der Waals surface area contributed by atoms with E-state index in [1.54, 1.807) is 17.9 Å². The Morgan fingerprint density at radius 2 is 2.21 bits per heavy atom. The van der Waals surface area contributed by atoms with Gasteiger partial charge in [0.05, 0.1) is 24.2 Å². The summed E-state index contributed by atoms with van der Waals surface area (Å²) in [6.07, 6.45) is 2.58. The minimum atomic E-state index is -3.47. The average molecular weight is 289 g/mol. The zero-order valence-corrected chi connectivity index (χ0v) is 12.2. The van der Waals surface area contributed by atoms with Gasteiger partial charge < -0.3 is 4.74 Å². The SMILES string of the molecule is CCc1nn(C)cc1NS(=O)(=O)CCCC(=O)OC. The quantitative estimate of drug-likeness (QED) is 0.745. The molecule has 0 saturated heterocycles. The van der Waals surface area contributed by atoms with E-state index in [-0.39, 0.29) is 18.6 Å². The minimum absolute atomic E-state index is 0.0884. The van der Waals surface area contributed by atoms with Crippen LogP contribution in [-0.2, 0) is 33.0 Å². The predicted octanol–water partition coefficient (Wildman–Crippen LogP) is 0.677. The van der Waals surface area contributed by atoms with Gasteiger partial charge in [-0.05, 0) is 12.8 Å². The van der Waals surface area contributed by atoms with Crippen LogP contribution in [0.5, 0.6) is 0 Å². The highest BCUT2D eigenvalue weighted by atomic mass is 32.2. The van der Waals surface area contributed by atoms with Crippen LogP contribution in [0.4, 0.5) is 5.69 Å². The molecule has 108 valence electrons. The number of carbonyl (C=O) groups is 1. The molecule has 0 aliphatic heterocycles. The van der Waals surface area contributed by atoms with Crippen molar-refractivity contribution in [2.24, 2.45) is 7.05 Å². The molecule has 8 heteroatoms. The Bertz CT molecular complexity index is 536. The lowest BCUT2D eigenvalue weighted by Crippen LogP contribution is -2.18. The molecule has 0 amide bonds. The van der Waals surface area contributed by atoms with Gasteiger partial charge in [-0.2, -0.15) is 5.10 Å². The number of aryl methyl sites for hydroxylation is 2. The van der Waals surface area contributed by atoms with Gasteiger partial charge in [-0.25, -0.2) is 8.42 Å². The van der Waals surface area contributed by atoms with E-state index >= 15 is 0 Å². The number of hydrogen-bond donors (Lipinski definition) is 1. The number of methoxy groups -OCH3 is 1. The van der Waals surface area contributed by atoms with Gasteiger partial charge in [0, 0.05) is 19.7 Å². The van der Waals surface area contributed by atoms with Crippen LogP contribution in [0.1, 0.15) is 25.5 Å². The molecule has 0 bridgehead atoms. The van der Waals surface area contributed by atoms with Crippen LogP contribution in [0.2, 0.25) is 0 Å². The molecule has 0 radical (unpaired) electrons. The molecule has 0 aliphatic carbocycles. The summed E-state index contributed by atoms with van der Waals surface area (Å²) in [5, 5.41) is 4.15. The number of nitrogens with one attached hydrogen (secondary N) is 1. The van der Waals surface area contributed by atoms with Crippen molar-refractivity contribution in [3.05, 3.63) is 11.9 Å². The van der Waals surface area contributed by atoms with Crippen molar-refractivity contribution in [1.82, 2.24) is 9.78 Å². The van der Waals surface area contributed by atoms with E-state index in [4.69, 9.17) is 0 Å². The second-order valence-electron chi connectivity index (χ2n) is 4.12. The molecule has 0 aromatic carbocycles. The largest absolute Gasteiger partial charge is 0.469 e. The van der Waals surface area contributed by atoms with Crippen LogP contribution in [0.25, 0.3) is 0 Å². The molecule has 0 atom stereocenters. The van der Waals surface area contributed by atoms with Gasteiger partial charge in [0.1, 0.15) is 0 Å². The molecular weight excluding hydrogens is 270 g/mol. The van der Waals surface area contributed by atoms with Crippen LogP contribution in [0, 0.1) is 0 Å². The second kappa shape index (κ2) is 6.55. The smallest absolute Gasteiger partial charge is 0.305 e. The third-order valence-electron chi connectivity index (χ3n) is 2.53. The normalized spacial score (nSPS) is 11.3. The maximum absolute atomic E-state index is 11.8. The summed E-state index contributed by atoms with van der Waals surface area (Å²) in [6.45, 7) is 1.90. The summed E-state index contributed by atoms with van der Waals surface area (Å²) >= 11 is 0. The fraction of sp³-hybridized carbons (Fsp3) is 0.636. The van der Waals surface area contributed by atoms with Crippen molar-refractivity contribution < 1.29 is 17.9 Å². The van der Waals surface area contributed by atoms with Crippen LogP contribution >= 0.6 is 0 Å². The molecule has 1 N–H and O–H groups in total. The van der Waals surface area contributed by atoms with Crippen LogP contribution in [0.15, 0.2) is 6.20 Å². The van der Waals surface area contributed by atoms with Gasteiger partial charge in [-0.3, -0.25) is 14.2 Å². The first kappa shape index (κ1) is 15.5. The number of ether oxygens (including phenoxy) is 1. The van der Waals surface area contributed by atoms with E-state index in [0.717, 1.165) is 0 Å². The van der Waals surface area contributed by atoms with Crippen LogP contribution < -0.4 is 4.72 Å². The third-order valence-corrected chi connectivity index (χ3v) is 3.88. The lowest BCUT2D eigenvalue weighted by molar-refractivity contribution is -0.140. The predicted molar refractivity (Wildman–Crippen MR) is 71.2 cm³/mol. The van der Waals surface area contributed by atoms with Crippen molar-refractivity contribution in [3.63, 3.8) is 0 Å². The van der Waals surface area contributed by atoms with Gasteiger partial charge in [0.2, 0.25) is 10.0 Å². The number of nitrogens with zero attached hydrogens (tertiary/aromatic N) is 2. The van der Waals surface area contributed by atoms with Crippen LogP contribution in [0.3, 0.4) is 0 Å². The van der Waals surface area contributed by atoms with Crippen molar-refractivity contribution in [1.29, 1.82) is 0 Å². The summed E-state index contributed by atoms with van der Waals surface area (Å²) in [5.74, 6) is -0.536. The molecule has 19 heavy (non-hydrogen) atoms. The number of rotatable bonds is 7. The second-order valence-corrected chi connectivity index (χ2v) is 5.96. The van der Waals surface area contributed by atoms with Gasteiger partial charge in [-0.15, -0.1) is 0 Å². The fourth-order valence-corrected chi connectivity index (χ4v) is 2.74. The van der Waals surface area contributed by atoms with Crippen LogP contribution in [-0.4, -0.2) is 37.0 Å². The standard InChI is InChI=1S/C11H19N3O4S/c1-4-9-10(8-14(2)12-9)13-19(16,17)7-5-6-11(15)18-3/h8,13H,4-7H2,1-3H3. The highest BCUT2D eigenvalue weighted by molar-refractivity contribution is 7.92. The number of hydrogen-bond acceptors (Lipinski definition) is 5. The topological polar surface area (TPSA) is 90.3 Å². The van der Waals surface area contributed by atoms with E-state index in [1.165, 1.54) is 7.11 Å². The molecule has 0 spiro atoms. The first-order chi connectivity index (χ1) is 8.88. The minimum Gasteiger partial charge on any atom is -0.469 e. The lowest BCUT2D eigenvalue weighted by atomic mass is 10.3. The third kappa shape index (κ3) is 4.90. The Morgan fingerprint density at radius 1 is 1.53 bits per heavy atom. The molecule has 1 rings (SSSR count). The molecule has 7 nitrogen and oxygen atoms in total. The summed E-state index contributed by atoms with van der Waals surface area (Å²) in [4.78, 5) is 10.9. The first-order valence-electron chi connectivity index (χ1n) is 5.97. The zero-order valence-electron chi connectivity index (χ0n) is 11.3. The van der Waals surface area contributed by atoms with Crippen molar-refractivity contribution in [2.75, 3.05) is 17.6 Å². The molecule has 1 aromatic rings. The number of esters is 1. The van der Waals surface area contributed by atoms with Gasteiger partial charge in [0.15, 0.2) is 0 Å². The number of anilines is 1. The van der Waals surface area contributed by atoms with E-state index in [9.17, 15) is 13.2 Å². The average Bonchev–Trinajstić information content (AvgIpc) is 2.67. The highest BCUT2D eigenvalue weighted by Crippen LogP contribution is 2.16. The molecule has 1 heterocycles. The fourth-order valence-electron chi connectivity index (χ4n) is 1.61. The lowest BCUT2D eigenvalue weighted by Gasteiger charge is -2.06. The summed E-state index contributed by atoms with van der Waals surface area (Å²) in [7, 11) is -0.462. The molecule has 0 aliphatic rings. The van der Waals surface area contributed by atoms with Crippen molar-refractivity contribution in [2.45, 2.75) is 26.2 Å². The molecule has 1 aromatic heterocycles.